The molecule has 0 aliphatic carbocycles. The highest BCUT2D eigenvalue weighted by Gasteiger charge is 2.18. The topological polar surface area (TPSA) is 83.6 Å². The zero-order chi connectivity index (χ0) is 18.5. The van der Waals surface area contributed by atoms with Gasteiger partial charge in [-0.05, 0) is 31.0 Å². The molecule has 0 radical (unpaired) electrons. The number of nitrogens with zero attached hydrogens (tertiary/aromatic N) is 3. The van der Waals surface area contributed by atoms with Crippen LogP contribution in [0.15, 0.2) is 47.8 Å². The minimum Gasteiger partial charge on any atom is -0.322 e. The molecular formula is C18H18ClN5OS. The van der Waals surface area contributed by atoms with Gasteiger partial charge >= 0.3 is 0 Å². The molecule has 3 aromatic rings. The number of pyridine rings is 1. The Kier molecular flexibility index (Phi) is 5.90. The highest BCUT2D eigenvalue weighted by atomic mass is 35.5. The average Bonchev–Trinajstić information content (AvgIpc) is 3.12. The molecule has 1 atom stereocenters. The molecule has 0 saturated heterocycles. The molecule has 2 heterocycles. The zero-order valence-electron chi connectivity index (χ0n) is 14.4. The van der Waals surface area contributed by atoms with Crippen LogP contribution in [0.1, 0.15) is 19.4 Å². The fourth-order valence-electron chi connectivity index (χ4n) is 2.25. The number of thioether (sulfide) groups is 1. The molecule has 0 unspecified atom stereocenters. The molecule has 1 amide bonds. The molecule has 0 saturated carbocycles. The number of hydrogen-bond acceptors (Lipinski definition) is 5. The number of halogens is 1. The first-order chi connectivity index (χ1) is 12.6. The van der Waals surface area contributed by atoms with E-state index >= 15 is 0 Å². The van der Waals surface area contributed by atoms with Crippen molar-refractivity contribution in [2.24, 2.45) is 0 Å². The van der Waals surface area contributed by atoms with Crippen molar-refractivity contribution in [1.29, 1.82) is 0 Å². The summed E-state index contributed by atoms with van der Waals surface area (Å²) in [6.45, 7) is 3.90. The third-order valence-corrected chi connectivity index (χ3v) is 5.03. The maximum absolute atomic E-state index is 12.3. The molecule has 3 rings (SSSR count). The third-order valence-electron chi connectivity index (χ3n) is 3.77. The number of carbonyl (C=O) groups excluding carboxylic acids is 1. The SMILES string of the molecule is CCc1ccc(-c2nc(S[C@H](C)C(=O)Nc3cccnc3Cl)n[nH]2)cc1. The molecule has 0 bridgehead atoms. The van der Waals surface area contributed by atoms with Crippen LogP contribution >= 0.6 is 23.4 Å². The Morgan fingerprint density at radius 3 is 2.77 bits per heavy atom. The number of H-pyrrole nitrogens is 1. The van der Waals surface area contributed by atoms with Crippen molar-refractivity contribution < 1.29 is 4.79 Å². The van der Waals surface area contributed by atoms with Gasteiger partial charge in [0.2, 0.25) is 11.1 Å². The maximum Gasteiger partial charge on any atom is 0.237 e. The lowest BCUT2D eigenvalue weighted by molar-refractivity contribution is -0.115. The lowest BCUT2D eigenvalue weighted by Gasteiger charge is -2.10. The number of anilines is 1. The number of carbonyl (C=O) groups is 1. The van der Waals surface area contributed by atoms with Crippen LogP contribution in [-0.4, -0.2) is 31.3 Å². The van der Waals surface area contributed by atoms with Crippen molar-refractivity contribution in [3.8, 4) is 11.4 Å². The predicted octanol–water partition coefficient (Wildman–Crippen LogP) is 4.20. The highest BCUT2D eigenvalue weighted by molar-refractivity contribution is 8.00. The molecule has 0 spiro atoms. The number of benzene rings is 1. The van der Waals surface area contributed by atoms with E-state index in [1.54, 1.807) is 25.3 Å². The highest BCUT2D eigenvalue weighted by Crippen LogP contribution is 2.25. The van der Waals surface area contributed by atoms with Gasteiger partial charge in [0.05, 0.1) is 10.9 Å². The minimum absolute atomic E-state index is 0.191. The van der Waals surface area contributed by atoms with Crippen molar-refractivity contribution in [3.63, 3.8) is 0 Å². The molecule has 0 aliphatic rings. The van der Waals surface area contributed by atoms with E-state index in [0.29, 0.717) is 16.7 Å². The van der Waals surface area contributed by atoms with E-state index in [-0.39, 0.29) is 11.1 Å². The molecule has 0 aliphatic heterocycles. The van der Waals surface area contributed by atoms with Gasteiger partial charge in [-0.15, -0.1) is 5.10 Å². The van der Waals surface area contributed by atoms with Gasteiger partial charge in [-0.1, -0.05) is 54.6 Å². The van der Waals surface area contributed by atoms with Crippen LogP contribution in [0.2, 0.25) is 5.15 Å². The van der Waals surface area contributed by atoms with E-state index < -0.39 is 5.25 Å². The summed E-state index contributed by atoms with van der Waals surface area (Å²) in [6.07, 6.45) is 2.56. The predicted molar refractivity (Wildman–Crippen MR) is 104 cm³/mol. The minimum atomic E-state index is -0.391. The number of nitrogens with one attached hydrogen (secondary N) is 2. The van der Waals surface area contributed by atoms with Crippen LogP contribution in [0.4, 0.5) is 5.69 Å². The van der Waals surface area contributed by atoms with E-state index in [4.69, 9.17) is 11.6 Å². The molecule has 8 heteroatoms. The van der Waals surface area contributed by atoms with Crippen LogP contribution in [0.3, 0.4) is 0 Å². The monoisotopic (exact) mass is 387 g/mol. The van der Waals surface area contributed by atoms with E-state index in [0.717, 1.165) is 12.0 Å². The molecule has 26 heavy (non-hydrogen) atoms. The van der Waals surface area contributed by atoms with Crippen LogP contribution in [0.25, 0.3) is 11.4 Å². The van der Waals surface area contributed by atoms with Crippen LogP contribution in [0, 0.1) is 0 Å². The van der Waals surface area contributed by atoms with Crippen molar-refractivity contribution in [3.05, 3.63) is 53.3 Å². The van der Waals surface area contributed by atoms with Gasteiger partial charge in [0.25, 0.3) is 0 Å². The number of aryl methyl sites for hydroxylation is 1. The Morgan fingerprint density at radius 2 is 2.08 bits per heavy atom. The lowest BCUT2D eigenvalue weighted by atomic mass is 10.1. The van der Waals surface area contributed by atoms with Gasteiger partial charge in [0.15, 0.2) is 11.0 Å². The Hall–Kier alpha value is -2.38. The summed E-state index contributed by atoms with van der Waals surface area (Å²) in [5.41, 5.74) is 2.71. The fourth-order valence-corrected chi connectivity index (χ4v) is 3.14. The van der Waals surface area contributed by atoms with Gasteiger partial charge in [0, 0.05) is 11.8 Å². The molecule has 6 nitrogen and oxygen atoms in total. The summed E-state index contributed by atoms with van der Waals surface area (Å²) in [6, 6.07) is 11.6. The maximum atomic E-state index is 12.3. The van der Waals surface area contributed by atoms with Crippen molar-refractivity contribution in [1.82, 2.24) is 20.2 Å². The van der Waals surface area contributed by atoms with Crippen LogP contribution in [0.5, 0.6) is 0 Å². The molecule has 2 aromatic heterocycles. The van der Waals surface area contributed by atoms with Crippen molar-refractivity contribution in [2.45, 2.75) is 30.7 Å². The Labute approximate surface area is 160 Å². The van der Waals surface area contributed by atoms with Gasteiger partial charge in [-0.3, -0.25) is 9.89 Å². The van der Waals surface area contributed by atoms with E-state index in [1.807, 2.05) is 12.1 Å². The summed E-state index contributed by atoms with van der Waals surface area (Å²) < 4.78 is 0. The smallest absolute Gasteiger partial charge is 0.237 e. The molecule has 1 aromatic carbocycles. The first-order valence-electron chi connectivity index (χ1n) is 8.16. The second kappa shape index (κ2) is 8.33. The van der Waals surface area contributed by atoms with Gasteiger partial charge in [0.1, 0.15) is 0 Å². The van der Waals surface area contributed by atoms with Crippen LogP contribution in [-0.2, 0) is 11.2 Å². The van der Waals surface area contributed by atoms with Gasteiger partial charge in [-0.25, -0.2) is 9.97 Å². The normalized spacial score (nSPS) is 12.0. The molecule has 134 valence electrons. The Bertz CT molecular complexity index is 897. The summed E-state index contributed by atoms with van der Waals surface area (Å²) in [4.78, 5) is 20.7. The summed E-state index contributed by atoms with van der Waals surface area (Å²) in [7, 11) is 0. The summed E-state index contributed by atoms with van der Waals surface area (Å²) >= 11 is 7.23. The summed E-state index contributed by atoms with van der Waals surface area (Å²) in [5, 5.41) is 10.3. The van der Waals surface area contributed by atoms with Gasteiger partial charge in [-0.2, -0.15) is 0 Å². The fraction of sp³-hybridized carbons (Fsp3) is 0.222. The second-order valence-electron chi connectivity index (χ2n) is 5.61. The number of amides is 1. The largest absolute Gasteiger partial charge is 0.322 e. The zero-order valence-corrected chi connectivity index (χ0v) is 15.9. The first kappa shape index (κ1) is 18.4. The van der Waals surface area contributed by atoms with E-state index in [1.165, 1.54) is 17.3 Å². The lowest BCUT2D eigenvalue weighted by Crippen LogP contribution is -2.22. The van der Waals surface area contributed by atoms with Gasteiger partial charge < -0.3 is 5.32 Å². The quantitative estimate of drug-likeness (QED) is 0.489. The van der Waals surface area contributed by atoms with E-state index in [2.05, 4.69) is 44.5 Å². The number of hydrogen-bond donors (Lipinski definition) is 2. The summed E-state index contributed by atoms with van der Waals surface area (Å²) in [5.74, 6) is 0.488. The first-order valence-corrected chi connectivity index (χ1v) is 9.42. The van der Waals surface area contributed by atoms with E-state index in [9.17, 15) is 4.79 Å². The second-order valence-corrected chi connectivity index (χ2v) is 7.27. The number of rotatable bonds is 6. The van der Waals surface area contributed by atoms with Crippen molar-refractivity contribution in [2.75, 3.05) is 5.32 Å². The van der Waals surface area contributed by atoms with Crippen LogP contribution < -0.4 is 5.32 Å². The molecular weight excluding hydrogens is 370 g/mol. The molecule has 2 N–H and O–H groups in total. The van der Waals surface area contributed by atoms with Crippen molar-refractivity contribution >= 4 is 35.0 Å². The Balaban J connectivity index is 1.64. The Morgan fingerprint density at radius 1 is 1.31 bits per heavy atom. The number of aromatic nitrogens is 4. The molecule has 0 fully saturated rings. The average molecular weight is 388 g/mol. The third kappa shape index (κ3) is 4.42. The standard InChI is InChI=1S/C18H18ClN5OS/c1-3-12-6-8-13(9-7-12)16-22-18(24-23-16)26-11(2)17(25)21-14-5-4-10-20-15(14)19/h4-11H,3H2,1-2H3,(H,21,25)(H,22,23,24)/t11-/m1/s1. The number of aromatic amines is 1.